The summed E-state index contributed by atoms with van der Waals surface area (Å²) < 4.78 is 44.2. The van der Waals surface area contributed by atoms with Gasteiger partial charge >= 0.3 is 6.18 Å². The molecule has 0 aliphatic carbocycles. The van der Waals surface area contributed by atoms with Crippen LogP contribution < -0.4 is 15.8 Å². The molecule has 0 saturated carbocycles. The monoisotopic (exact) mass is 467 g/mol. The maximum Gasteiger partial charge on any atom is 0.416 e. The number of hydrogen-bond donors (Lipinski definition) is 2. The third-order valence-corrected chi connectivity index (χ3v) is 5.91. The number of rotatable bonds is 8. The first kappa shape index (κ1) is 22.6. The number of primary amides is 1. The molecule has 11 heteroatoms. The van der Waals surface area contributed by atoms with E-state index < -0.39 is 30.2 Å². The first-order chi connectivity index (χ1) is 14.7. The van der Waals surface area contributed by atoms with Gasteiger partial charge in [0.05, 0.1) is 11.3 Å². The van der Waals surface area contributed by atoms with Gasteiger partial charge in [-0.1, -0.05) is 59.5 Å². The number of carbonyl (C=O) groups excluding carboxylic acids is 2. The Morgan fingerprint density at radius 2 is 1.87 bits per heavy atom. The quantitative estimate of drug-likeness (QED) is 0.478. The lowest BCUT2D eigenvalue weighted by Gasteiger charge is -2.10. The standard InChI is InChI=1S/C20H16F3N3O3S2/c21-20(22,23)13-7-4-8-14(9-13)29-10-16(28)25-18-17(12-5-2-1-3-6-12)26-19(31-18)30-11-15(24)27/h1-9H,10-11H2,(H2,24,27)(H,25,28). The summed E-state index contributed by atoms with van der Waals surface area (Å²) in [4.78, 5) is 27.9. The number of ether oxygens (including phenoxy) is 1. The van der Waals surface area contributed by atoms with Gasteiger partial charge < -0.3 is 15.8 Å². The predicted octanol–water partition coefficient (Wildman–Crippen LogP) is 4.42. The van der Waals surface area contributed by atoms with Gasteiger partial charge in [-0.05, 0) is 18.2 Å². The van der Waals surface area contributed by atoms with Gasteiger partial charge in [0.1, 0.15) is 16.4 Å². The van der Waals surface area contributed by atoms with Crippen molar-refractivity contribution in [3.05, 3.63) is 60.2 Å². The Balaban J connectivity index is 1.72. The average molecular weight is 467 g/mol. The van der Waals surface area contributed by atoms with Crippen LogP contribution >= 0.6 is 23.1 Å². The highest BCUT2D eigenvalue weighted by Gasteiger charge is 2.30. The molecular formula is C20H16F3N3O3S2. The molecule has 0 fully saturated rings. The van der Waals surface area contributed by atoms with Crippen LogP contribution in [0.3, 0.4) is 0 Å². The number of anilines is 1. The largest absolute Gasteiger partial charge is 0.484 e. The number of thiazole rings is 1. The number of alkyl halides is 3. The topological polar surface area (TPSA) is 94.3 Å². The molecule has 162 valence electrons. The van der Waals surface area contributed by atoms with E-state index in [4.69, 9.17) is 10.5 Å². The molecule has 2 amide bonds. The van der Waals surface area contributed by atoms with Crippen molar-refractivity contribution in [3.63, 3.8) is 0 Å². The van der Waals surface area contributed by atoms with Crippen molar-refractivity contribution in [2.75, 3.05) is 17.7 Å². The molecule has 0 spiro atoms. The van der Waals surface area contributed by atoms with Crippen molar-refractivity contribution in [3.8, 4) is 17.0 Å². The van der Waals surface area contributed by atoms with Crippen molar-refractivity contribution < 1.29 is 27.5 Å². The molecule has 0 aliphatic heterocycles. The Morgan fingerprint density at radius 1 is 1.13 bits per heavy atom. The molecule has 3 aromatic rings. The summed E-state index contributed by atoms with van der Waals surface area (Å²) in [6, 6.07) is 13.4. The van der Waals surface area contributed by atoms with E-state index >= 15 is 0 Å². The summed E-state index contributed by atoms with van der Waals surface area (Å²) in [6.45, 7) is -0.489. The minimum Gasteiger partial charge on any atom is -0.484 e. The Morgan fingerprint density at radius 3 is 2.55 bits per heavy atom. The molecule has 3 rings (SSSR count). The van der Waals surface area contributed by atoms with Gasteiger partial charge in [-0.3, -0.25) is 9.59 Å². The molecule has 1 heterocycles. The smallest absolute Gasteiger partial charge is 0.416 e. The number of benzene rings is 2. The van der Waals surface area contributed by atoms with Crippen molar-refractivity contribution in [1.29, 1.82) is 0 Å². The number of nitrogens with zero attached hydrogens (tertiary/aromatic N) is 1. The van der Waals surface area contributed by atoms with Gasteiger partial charge in [-0.2, -0.15) is 13.2 Å². The third kappa shape index (κ3) is 6.46. The molecule has 0 unspecified atom stereocenters. The Bertz CT molecular complexity index is 1070. The first-order valence-electron chi connectivity index (χ1n) is 8.79. The molecule has 31 heavy (non-hydrogen) atoms. The number of hydrogen-bond acceptors (Lipinski definition) is 6. The lowest BCUT2D eigenvalue weighted by molar-refractivity contribution is -0.137. The van der Waals surface area contributed by atoms with Crippen molar-refractivity contribution in [2.45, 2.75) is 10.5 Å². The number of thioether (sulfide) groups is 1. The maximum absolute atomic E-state index is 12.8. The van der Waals surface area contributed by atoms with Crippen LogP contribution in [0, 0.1) is 0 Å². The zero-order chi connectivity index (χ0) is 22.4. The molecule has 0 aliphatic rings. The minimum absolute atomic E-state index is 0.0355. The molecule has 0 bridgehead atoms. The molecule has 0 atom stereocenters. The van der Waals surface area contributed by atoms with E-state index in [1.165, 1.54) is 12.1 Å². The zero-order valence-corrected chi connectivity index (χ0v) is 17.4. The second-order valence-electron chi connectivity index (χ2n) is 6.14. The minimum atomic E-state index is -4.51. The van der Waals surface area contributed by atoms with Crippen LogP contribution in [-0.2, 0) is 15.8 Å². The van der Waals surface area contributed by atoms with E-state index in [0.29, 0.717) is 15.0 Å². The average Bonchev–Trinajstić information content (AvgIpc) is 3.13. The SMILES string of the molecule is NC(=O)CSc1nc(-c2ccccc2)c(NC(=O)COc2cccc(C(F)(F)F)c2)s1. The molecule has 2 aromatic carbocycles. The Kier molecular flexibility index (Phi) is 7.18. The van der Waals surface area contributed by atoms with Gasteiger partial charge in [0.15, 0.2) is 10.9 Å². The van der Waals surface area contributed by atoms with Gasteiger partial charge in [0, 0.05) is 5.56 Å². The van der Waals surface area contributed by atoms with Crippen molar-refractivity contribution in [2.24, 2.45) is 5.73 Å². The zero-order valence-electron chi connectivity index (χ0n) is 15.8. The van der Waals surface area contributed by atoms with E-state index in [2.05, 4.69) is 10.3 Å². The van der Waals surface area contributed by atoms with E-state index in [1.54, 1.807) is 0 Å². The van der Waals surface area contributed by atoms with E-state index in [-0.39, 0.29) is 11.5 Å². The highest BCUT2D eigenvalue weighted by Crippen LogP contribution is 2.37. The van der Waals surface area contributed by atoms with Gasteiger partial charge in [0.25, 0.3) is 5.91 Å². The van der Waals surface area contributed by atoms with E-state index in [0.717, 1.165) is 40.8 Å². The number of amides is 2. The number of nitrogens with two attached hydrogens (primary N) is 1. The summed E-state index contributed by atoms with van der Waals surface area (Å²) in [5, 5.41) is 3.10. The van der Waals surface area contributed by atoms with Crippen LogP contribution in [0.4, 0.5) is 18.2 Å². The summed E-state index contributed by atoms with van der Waals surface area (Å²) in [7, 11) is 0. The van der Waals surface area contributed by atoms with Gasteiger partial charge in [0.2, 0.25) is 5.91 Å². The number of carbonyl (C=O) groups is 2. The summed E-state index contributed by atoms with van der Waals surface area (Å²) >= 11 is 2.30. The lowest BCUT2D eigenvalue weighted by Crippen LogP contribution is -2.20. The van der Waals surface area contributed by atoms with Crippen LogP contribution in [-0.4, -0.2) is 29.2 Å². The van der Waals surface area contributed by atoms with Crippen LogP contribution in [0.1, 0.15) is 5.56 Å². The van der Waals surface area contributed by atoms with Crippen LogP contribution in [0.5, 0.6) is 5.75 Å². The van der Waals surface area contributed by atoms with Crippen molar-refractivity contribution >= 4 is 39.9 Å². The van der Waals surface area contributed by atoms with Gasteiger partial charge in [-0.15, -0.1) is 0 Å². The second kappa shape index (κ2) is 9.84. The third-order valence-electron chi connectivity index (χ3n) is 3.78. The summed E-state index contributed by atoms with van der Waals surface area (Å²) in [5.74, 6) is -1.10. The van der Waals surface area contributed by atoms with E-state index in [9.17, 15) is 22.8 Å². The normalized spacial score (nSPS) is 11.2. The summed E-state index contributed by atoms with van der Waals surface area (Å²) in [6.07, 6.45) is -4.51. The molecule has 0 saturated heterocycles. The summed E-state index contributed by atoms with van der Waals surface area (Å²) in [5.41, 5.74) is 5.56. The van der Waals surface area contributed by atoms with Crippen molar-refractivity contribution in [1.82, 2.24) is 4.98 Å². The molecule has 0 radical (unpaired) electrons. The maximum atomic E-state index is 12.8. The lowest BCUT2D eigenvalue weighted by atomic mass is 10.2. The molecule has 1 aromatic heterocycles. The predicted molar refractivity (Wildman–Crippen MR) is 113 cm³/mol. The molecular weight excluding hydrogens is 451 g/mol. The van der Waals surface area contributed by atoms with Gasteiger partial charge in [-0.25, -0.2) is 4.98 Å². The fourth-order valence-corrected chi connectivity index (χ4v) is 4.27. The highest BCUT2D eigenvalue weighted by molar-refractivity contribution is 8.01. The Labute approximate surface area is 183 Å². The Hall–Kier alpha value is -3.05. The molecule has 3 N–H and O–H groups in total. The number of halogens is 3. The fourth-order valence-electron chi connectivity index (χ4n) is 2.45. The highest BCUT2D eigenvalue weighted by atomic mass is 32.2. The van der Waals surface area contributed by atoms with E-state index in [1.807, 2.05) is 30.3 Å². The fraction of sp³-hybridized carbons (Fsp3) is 0.150. The van der Waals surface area contributed by atoms with Crippen LogP contribution in [0.15, 0.2) is 58.9 Å². The van der Waals surface area contributed by atoms with Crippen LogP contribution in [0.2, 0.25) is 0 Å². The molecule has 6 nitrogen and oxygen atoms in total. The number of nitrogens with one attached hydrogen (secondary N) is 1. The second-order valence-corrected chi connectivity index (χ2v) is 8.36. The number of aromatic nitrogens is 1. The first-order valence-corrected chi connectivity index (χ1v) is 10.6. The van der Waals surface area contributed by atoms with Crippen LogP contribution in [0.25, 0.3) is 11.3 Å².